The lowest BCUT2D eigenvalue weighted by Crippen LogP contribution is -2.01. The molecule has 1 aromatic heterocycles. The van der Waals surface area contributed by atoms with Crippen molar-refractivity contribution in [2.24, 2.45) is 0 Å². The quantitative estimate of drug-likeness (QED) is 0.652. The number of aromatic nitrogens is 1. The van der Waals surface area contributed by atoms with Gasteiger partial charge in [0.05, 0.1) is 12.8 Å². The Morgan fingerprint density at radius 2 is 1.84 bits per heavy atom. The number of hydrogen-bond acceptors (Lipinski definition) is 3. The summed E-state index contributed by atoms with van der Waals surface area (Å²) in [7, 11) is 0. The van der Waals surface area contributed by atoms with Crippen molar-refractivity contribution in [3.8, 4) is 5.75 Å². The van der Waals surface area contributed by atoms with Gasteiger partial charge in [-0.2, -0.15) is 0 Å². The first-order valence-corrected chi connectivity index (χ1v) is 7.06. The van der Waals surface area contributed by atoms with E-state index in [4.69, 9.17) is 9.84 Å². The molecule has 0 unspecified atom stereocenters. The Kier molecular flexibility index (Phi) is 7.63. The average Bonchev–Trinajstić information content (AvgIpc) is 2.42. The van der Waals surface area contributed by atoms with E-state index in [1.54, 1.807) is 6.07 Å². The molecule has 0 atom stereocenters. The maximum absolute atomic E-state index is 10.6. The number of pyridine rings is 1. The highest BCUT2D eigenvalue weighted by molar-refractivity contribution is 5.85. The van der Waals surface area contributed by atoms with Gasteiger partial charge in [0.2, 0.25) is 0 Å². The molecule has 0 aliphatic heterocycles. The molecule has 0 bridgehead atoms. The van der Waals surface area contributed by atoms with Crippen LogP contribution in [0.1, 0.15) is 62.4 Å². The van der Waals surface area contributed by atoms with Crippen LogP contribution in [0.4, 0.5) is 0 Å². The molecule has 1 heterocycles. The zero-order valence-electron chi connectivity index (χ0n) is 11.6. The van der Waals surface area contributed by atoms with E-state index >= 15 is 0 Å². The number of carboxylic acids is 1. The number of carbonyl (C=O) groups is 1. The number of rotatable bonds is 10. The summed E-state index contributed by atoms with van der Waals surface area (Å²) in [6, 6.07) is 3.11. The van der Waals surface area contributed by atoms with Crippen LogP contribution < -0.4 is 4.74 Å². The predicted molar refractivity (Wildman–Crippen MR) is 74.7 cm³/mol. The first-order valence-electron chi connectivity index (χ1n) is 7.06. The number of hydrogen-bond donors (Lipinski definition) is 1. The van der Waals surface area contributed by atoms with Gasteiger partial charge in [0.1, 0.15) is 11.4 Å². The number of carboxylic acid groups (broad SMARTS) is 1. The zero-order valence-corrected chi connectivity index (χ0v) is 11.6. The minimum Gasteiger partial charge on any atom is -0.492 e. The lowest BCUT2D eigenvalue weighted by atomic mass is 10.1. The van der Waals surface area contributed by atoms with E-state index in [1.165, 1.54) is 50.8 Å². The van der Waals surface area contributed by atoms with Gasteiger partial charge < -0.3 is 9.84 Å². The molecule has 0 spiro atoms. The highest BCUT2D eigenvalue weighted by Gasteiger charge is 2.03. The third-order valence-electron chi connectivity index (χ3n) is 2.97. The van der Waals surface area contributed by atoms with Gasteiger partial charge in [-0.15, -0.1) is 0 Å². The van der Waals surface area contributed by atoms with Crippen LogP contribution in [0, 0.1) is 0 Å². The summed E-state index contributed by atoms with van der Waals surface area (Å²) < 4.78 is 5.51. The molecule has 1 aromatic rings. The largest absolute Gasteiger partial charge is 0.492 e. The van der Waals surface area contributed by atoms with Crippen molar-refractivity contribution in [2.75, 3.05) is 6.61 Å². The van der Waals surface area contributed by atoms with Crippen molar-refractivity contribution >= 4 is 5.97 Å². The molecule has 0 saturated heterocycles. The SMILES string of the molecule is CCCCCCCCCOc1ccc(C(=O)O)nc1. The van der Waals surface area contributed by atoms with Crippen molar-refractivity contribution in [1.29, 1.82) is 0 Å². The van der Waals surface area contributed by atoms with Crippen LogP contribution in [0.15, 0.2) is 18.3 Å². The van der Waals surface area contributed by atoms with E-state index in [0.717, 1.165) is 6.42 Å². The molecule has 4 heteroatoms. The smallest absolute Gasteiger partial charge is 0.354 e. The van der Waals surface area contributed by atoms with Gasteiger partial charge in [-0.25, -0.2) is 9.78 Å². The van der Waals surface area contributed by atoms with Crippen molar-refractivity contribution in [2.45, 2.75) is 51.9 Å². The number of aromatic carboxylic acids is 1. The molecule has 0 amide bonds. The predicted octanol–water partition coefficient (Wildman–Crippen LogP) is 3.91. The van der Waals surface area contributed by atoms with Crippen molar-refractivity contribution < 1.29 is 14.6 Å². The molecule has 0 fully saturated rings. The van der Waals surface area contributed by atoms with Gasteiger partial charge in [-0.1, -0.05) is 45.4 Å². The summed E-state index contributed by atoms with van der Waals surface area (Å²) in [6.45, 7) is 2.89. The highest BCUT2D eigenvalue weighted by Crippen LogP contribution is 2.11. The fourth-order valence-corrected chi connectivity index (χ4v) is 1.84. The van der Waals surface area contributed by atoms with Crippen LogP contribution in [-0.2, 0) is 0 Å². The van der Waals surface area contributed by atoms with Gasteiger partial charge in [0.15, 0.2) is 0 Å². The standard InChI is InChI=1S/C15H23NO3/c1-2-3-4-5-6-7-8-11-19-13-9-10-14(15(17)18)16-12-13/h9-10,12H,2-8,11H2,1H3,(H,17,18). The van der Waals surface area contributed by atoms with Gasteiger partial charge in [0, 0.05) is 0 Å². The van der Waals surface area contributed by atoms with Crippen LogP contribution in [-0.4, -0.2) is 22.7 Å². The van der Waals surface area contributed by atoms with Gasteiger partial charge in [-0.3, -0.25) is 0 Å². The lowest BCUT2D eigenvalue weighted by molar-refractivity contribution is 0.0690. The normalized spacial score (nSPS) is 10.4. The topological polar surface area (TPSA) is 59.4 Å². The summed E-state index contributed by atoms with van der Waals surface area (Å²) in [5.41, 5.74) is 0.0447. The molecule has 0 saturated carbocycles. The van der Waals surface area contributed by atoms with Gasteiger partial charge in [0.25, 0.3) is 0 Å². The second-order valence-electron chi connectivity index (χ2n) is 4.65. The maximum Gasteiger partial charge on any atom is 0.354 e. The van der Waals surface area contributed by atoms with E-state index in [-0.39, 0.29) is 5.69 Å². The summed E-state index contributed by atoms with van der Waals surface area (Å²) >= 11 is 0. The number of ether oxygens (including phenoxy) is 1. The van der Waals surface area contributed by atoms with E-state index in [0.29, 0.717) is 12.4 Å². The van der Waals surface area contributed by atoms with E-state index in [2.05, 4.69) is 11.9 Å². The minimum atomic E-state index is -1.02. The van der Waals surface area contributed by atoms with Crippen molar-refractivity contribution in [3.63, 3.8) is 0 Å². The third-order valence-corrected chi connectivity index (χ3v) is 2.97. The molecule has 1 N–H and O–H groups in total. The van der Waals surface area contributed by atoms with Crippen LogP contribution >= 0.6 is 0 Å². The molecule has 4 nitrogen and oxygen atoms in total. The molecule has 0 aliphatic rings. The first-order chi connectivity index (χ1) is 9.24. The molecular weight excluding hydrogens is 242 g/mol. The summed E-state index contributed by atoms with van der Waals surface area (Å²) in [6.07, 6.45) is 10.2. The Balaban J connectivity index is 2.07. The summed E-state index contributed by atoms with van der Waals surface area (Å²) in [5.74, 6) is -0.380. The van der Waals surface area contributed by atoms with Crippen LogP contribution in [0.5, 0.6) is 5.75 Å². The van der Waals surface area contributed by atoms with E-state index in [1.807, 2.05) is 0 Å². The molecule has 0 radical (unpaired) electrons. The number of nitrogens with zero attached hydrogens (tertiary/aromatic N) is 1. The second kappa shape index (κ2) is 9.36. The second-order valence-corrected chi connectivity index (χ2v) is 4.65. The third kappa shape index (κ3) is 6.79. The molecule has 106 valence electrons. The molecule has 0 aromatic carbocycles. The Labute approximate surface area is 114 Å². The van der Waals surface area contributed by atoms with E-state index in [9.17, 15) is 4.79 Å². The van der Waals surface area contributed by atoms with Crippen LogP contribution in [0.25, 0.3) is 0 Å². The first kappa shape index (κ1) is 15.5. The molecule has 0 aliphatic carbocycles. The monoisotopic (exact) mass is 265 g/mol. The summed E-state index contributed by atoms with van der Waals surface area (Å²) in [4.78, 5) is 14.4. The number of unbranched alkanes of at least 4 members (excludes halogenated alkanes) is 6. The average molecular weight is 265 g/mol. The van der Waals surface area contributed by atoms with E-state index < -0.39 is 5.97 Å². The lowest BCUT2D eigenvalue weighted by Gasteiger charge is -2.05. The van der Waals surface area contributed by atoms with Gasteiger partial charge >= 0.3 is 5.97 Å². The Morgan fingerprint density at radius 1 is 1.16 bits per heavy atom. The molecule has 1 rings (SSSR count). The Hall–Kier alpha value is -1.58. The van der Waals surface area contributed by atoms with Crippen molar-refractivity contribution in [3.05, 3.63) is 24.0 Å². The maximum atomic E-state index is 10.6. The minimum absolute atomic E-state index is 0.0447. The van der Waals surface area contributed by atoms with Crippen LogP contribution in [0.2, 0.25) is 0 Å². The fraction of sp³-hybridized carbons (Fsp3) is 0.600. The fourth-order valence-electron chi connectivity index (χ4n) is 1.84. The van der Waals surface area contributed by atoms with Gasteiger partial charge in [-0.05, 0) is 18.6 Å². The van der Waals surface area contributed by atoms with Crippen LogP contribution in [0.3, 0.4) is 0 Å². The summed E-state index contributed by atoms with van der Waals surface area (Å²) in [5, 5.41) is 8.71. The Bertz CT molecular complexity index is 362. The zero-order chi connectivity index (χ0) is 13.9. The molecular formula is C15H23NO3. The molecule has 19 heavy (non-hydrogen) atoms. The van der Waals surface area contributed by atoms with Crippen molar-refractivity contribution in [1.82, 2.24) is 4.98 Å². The Morgan fingerprint density at radius 3 is 2.42 bits per heavy atom. The highest BCUT2D eigenvalue weighted by atomic mass is 16.5.